The Kier molecular flexibility index (Phi) is 6.61. The molecule has 0 unspecified atom stereocenters. The molecule has 7 heteroatoms. The van der Waals surface area contributed by atoms with E-state index < -0.39 is 5.97 Å². The second-order valence-corrected chi connectivity index (χ2v) is 7.10. The van der Waals surface area contributed by atoms with Gasteiger partial charge in [0.2, 0.25) is 0 Å². The summed E-state index contributed by atoms with van der Waals surface area (Å²) >= 11 is 4.80. The maximum absolute atomic E-state index is 11.9. The summed E-state index contributed by atoms with van der Waals surface area (Å²) in [7, 11) is 0. The first kappa shape index (κ1) is 17.5. The summed E-state index contributed by atoms with van der Waals surface area (Å²) < 4.78 is 6.38. The van der Waals surface area contributed by atoms with Crippen LogP contribution in [0.3, 0.4) is 0 Å². The van der Waals surface area contributed by atoms with Crippen molar-refractivity contribution in [1.82, 2.24) is 5.32 Å². The van der Waals surface area contributed by atoms with Crippen LogP contribution in [0.1, 0.15) is 28.8 Å². The van der Waals surface area contributed by atoms with Crippen LogP contribution in [0.15, 0.2) is 39.5 Å². The molecule has 23 heavy (non-hydrogen) atoms. The summed E-state index contributed by atoms with van der Waals surface area (Å²) in [5, 5.41) is 13.2. The summed E-state index contributed by atoms with van der Waals surface area (Å²) in [6.07, 6.45) is 0.576. The number of hydrogen-bond donors (Lipinski definition) is 2. The van der Waals surface area contributed by atoms with E-state index in [9.17, 15) is 9.59 Å². The van der Waals surface area contributed by atoms with Crippen molar-refractivity contribution in [3.05, 3.63) is 50.6 Å². The smallest absolute Gasteiger partial charge is 0.303 e. The number of thiophene rings is 1. The second-order valence-electron chi connectivity index (χ2n) is 4.81. The normalized spacial score (nSPS) is 10.3. The van der Waals surface area contributed by atoms with Crippen LogP contribution >= 0.6 is 27.3 Å². The van der Waals surface area contributed by atoms with E-state index in [0.29, 0.717) is 30.9 Å². The van der Waals surface area contributed by atoms with Gasteiger partial charge in [-0.15, -0.1) is 11.3 Å². The zero-order valence-corrected chi connectivity index (χ0v) is 14.7. The van der Waals surface area contributed by atoms with Crippen LogP contribution in [0.5, 0.6) is 5.75 Å². The lowest BCUT2D eigenvalue weighted by atomic mass is 10.2. The predicted molar refractivity (Wildman–Crippen MR) is 92.0 cm³/mol. The van der Waals surface area contributed by atoms with Gasteiger partial charge in [-0.3, -0.25) is 9.59 Å². The van der Waals surface area contributed by atoms with Crippen LogP contribution in [-0.2, 0) is 11.3 Å². The Morgan fingerprint density at radius 3 is 2.61 bits per heavy atom. The average Bonchev–Trinajstić information content (AvgIpc) is 2.97. The van der Waals surface area contributed by atoms with E-state index in [1.54, 1.807) is 11.4 Å². The van der Waals surface area contributed by atoms with Crippen LogP contribution in [0, 0.1) is 0 Å². The topological polar surface area (TPSA) is 75.6 Å². The highest BCUT2D eigenvalue weighted by molar-refractivity contribution is 9.11. The van der Waals surface area contributed by atoms with Gasteiger partial charge in [-0.05, 0) is 46.1 Å². The molecule has 0 fully saturated rings. The van der Waals surface area contributed by atoms with Gasteiger partial charge in [0.1, 0.15) is 5.75 Å². The number of nitrogens with one attached hydrogen (secondary N) is 1. The van der Waals surface area contributed by atoms with E-state index in [-0.39, 0.29) is 12.3 Å². The number of carbonyl (C=O) groups excluding carboxylic acids is 1. The molecule has 1 aromatic heterocycles. The number of carbonyl (C=O) groups is 2. The molecule has 0 aliphatic carbocycles. The molecule has 122 valence electrons. The Morgan fingerprint density at radius 2 is 2.00 bits per heavy atom. The van der Waals surface area contributed by atoms with Crippen molar-refractivity contribution in [1.29, 1.82) is 0 Å². The Bertz CT molecular complexity index is 669. The molecular formula is C16H16BrNO4S. The monoisotopic (exact) mass is 397 g/mol. The molecule has 1 aromatic carbocycles. The van der Waals surface area contributed by atoms with Gasteiger partial charge in [-0.1, -0.05) is 12.1 Å². The molecule has 2 aromatic rings. The lowest BCUT2D eigenvalue weighted by Gasteiger charge is -2.07. The van der Waals surface area contributed by atoms with Crippen LogP contribution in [0.25, 0.3) is 0 Å². The number of benzene rings is 1. The lowest BCUT2D eigenvalue weighted by molar-refractivity contribution is -0.137. The molecule has 0 saturated heterocycles. The zero-order chi connectivity index (χ0) is 16.7. The number of hydrogen-bond acceptors (Lipinski definition) is 4. The fourth-order valence-corrected chi connectivity index (χ4v) is 2.97. The van der Waals surface area contributed by atoms with E-state index in [4.69, 9.17) is 9.84 Å². The van der Waals surface area contributed by atoms with Crippen molar-refractivity contribution in [3.63, 3.8) is 0 Å². The Morgan fingerprint density at radius 1 is 1.26 bits per heavy atom. The third kappa shape index (κ3) is 6.03. The maximum atomic E-state index is 11.9. The first-order valence-corrected chi connectivity index (χ1v) is 8.67. The fourth-order valence-electron chi connectivity index (χ4n) is 1.83. The standard InChI is InChI=1S/C16H16BrNO4S/c17-14-8-12(10-23-14)16(21)18-9-11-3-5-13(6-4-11)22-7-1-2-15(19)20/h3-6,8,10H,1-2,7,9H2,(H,18,21)(H,19,20). The van der Waals surface area contributed by atoms with E-state index in [0.717, 1.165) is 9.35 Å². The van der Waals surface area contributed by atoms with Crippen molar-refractivity contribution in [2.75, 3.05) is 6.61 Å². The molecule has 2 N–H and O–H groups in total. The maximum Gasteiger partial charge on any atom is 0.303 e. The summed E-state index contributed by atoms with van der Waals surface area (Å²) in [5.74, 6) is -0.245. The third-order valence-corrected chi connectivity index (χ3v) is 4.51. The minimum atomic E-state index is -0.822. The van der Waals surface area contributed by atoms with Gasteiger partial charge >= 0.3 is 5.97 Å². The molecule has 0 bridgehead atoms. The Labute approximate surface area is 146 Å². The van der Waals surface area contributed by atoms with Crippen molar-refractivity contribution < 1.29 is 19.4 Å². The molecule has 0 saturated carbocycles. The number of carboxylic acid groups (broad SMARTS) is 1. The number of aliphatic carboxylic acids is 1. The summed E-state index contributed by atoms with van der Waals surface area (Å²) in [6.45, 7) is 0.807. The van der Waals surface area contributed by atoms with E-state index in [1.807, 2.05) is 24.3 Å². The molecule has 0 atom stereocenters. The highest BCUT2D eigenvalue weighted by Gasteiger charge is 2.07. The van der Waals surface area contributed by atoms with Gasteiger partial charge in [0.25, 0.3) is 5.91 Å². The minimum Gasteiger partial charge on any atom is -0.494 e. The molecule has 1 amide bonds. The van der Waals surface area contributed by atoms with E-state index >= 15 is 0 Å². The van der Waals surface area contributed by atoms with Crippen molar-refractivity contribution in [3.8, 4) is 5.75 Å². The van der Waals surface area contributed by atoms with Crippen molar-refractivity contribution in [2.45, 2.75) is 19.4 Å². The first-order valence-electron chi connectivity index (χ1n) is 7.00. The SMILES string of the molecule is O=C(O)CCCOc1ccc(CNC(=O)c2csc(Br)c2)cc1. The van der Waals surface area contributed by atoms with Gasteiger partial charge in [-0.25, -0.2) is 0 Å². The highest BCUT2D eigenvalue weighted by Crippen LogP contribution is 2.20. The van der Waals surface area contributed by atoms with Gasteiger partial charge in [0.15, 0.2) is 0 Å². The van der Waals surface area contributed by atoms with E-state index in [1.165, 1.54) is 11.3 Å². The fraction of sp³-hybridized carbons (Fsp3) is 0.250. The van der Waals surface area contributed by atoms with Crippen LogP contribution in [0.4, 0.5) is 0 Å². The zero-order valence-electron chi connectivity index (χ0n) is 12.3. The highest BCUT2D eigenvalue weighted by atomic mass is 79.9. The molecule has 0 aliphatic heterocycles. The summed E-state index contributed by atoms with van der Waals surface area (Å²) in [6, 6.07) is 9.15. The minimum absolute atomic E-state index is 0.100. The lowest BCUT2D eigenvalue weighted by Crippen LogP contribution is -2.22. The number of rotatable bonds is 8. The average molecular weight is 398 g/mol. The molecule has 5 nitrogen and oxygen atoms in total. The Hall–Kier alpha value is -1.86. The largest absolute Gasteiger partial charge is 0.494 e. The summed E-state index contributed by atoms with van der Waals surface area (Å²) in [4.78, 5) is 22.3. The summed E-state index contributed by atoms with van der Waals surface area (Å²) in [5.41, 5.74) is 1.60. The van der Waals surface area contributed by atoms with Crippen LogP contribution in [0.2, 0.25) is 0 Å². The molecule has 1 heterocycles. The molecular weight excluding hydrogens is 382 g/mol. The molecule has 0 radical (unpaired) electrons. The van der Waals surface area contributed by atoms with Crippen LogP contribution < -0.4 is 10.1 Å². The predicted octanol–water partition coefficient (Wildman–Crippen LogP) is 3.68. The molecule has 0 aliphatic rings. The molecule has 0 spiro atoms. The number of halogens is 1. The van der Waals surface area contributed by atoms with E-state index in [2.05, 4.69) is 21.2 Å². The number of ether oxygens (including phenoxy) is 1. The molecule has 2 rings (SSSR count). The quantitative estimate of drug-likeness (QED) is 0.666. The van der Waals surface area contributed by atoms with Gasteiger partial charge in [-0.2, -0.15) is 0 Å². The number of amides is 1. The Balaban J connectivity index is 1.76. The third-order valence-electron chi connectivity index (χ3n) is 3.01. The van der Waals surface area contributed by atoms with Crippen molar-refractivity contribution in [2.24, 2.45) is 0 Å². The second kappa shape index (κ2) is 8.69. The number of carboxylic acids is 1. The van der Waals surface area contributed by atoms with Gasteiger partial charge in [0, 0.05) is 18.3 Å². The van der Waals surface area contributed by atoms with Crippen LogP contribution in [-0.4, -0.2) is 23.6 Å². The van der Waals surface area contributed by atoms with Gasteiger partial charge < -0.3 is 15.2 Å². The van der Waals surface area contributed by atoms with Crippen molar-refractivity contribution >= 4 is 39.1 Å². The first-order chi connectivity index (χ1) is 11.0. The van der Waals surface area contributed by atoms with Gasteiger partial charge in [0.05, 0.1) is 16.0 Å².